The van der Waals surface area contributed by atoms with E-state index in [0.717, 1.165) is 33.1 Å². The Kier molecular flexibility index (Phi) is 3.91. The van der Waals surface area contributed by atoms with E-state index < -0.39 is 0 Å². The SMILES string of the molecule is Cn1c(=O)n(C)c2cc3c(-c4cc(C(C)(C)C)c5ccccc5c4)nccc3cc21. The number of pyridine rings is 1. The van der Waals surface area contributed by atoms with Gasteiger partial charge in [0.05, 0.1) is 16.7 Å². The van der Waals surface area contributed by atoms with Crippen molar-refractivity contribution < 1.29 is 0 Å². The highest BCUT2D eigenvalue weighted by molar-refractivity contribution is 6.03. The Labute approximate surface area is 175 Å². The van der Waals surface area contributed by atoms with Crippen molar-refractivity contribution in [1.82, 2.24) is 14.1 Å². The zero-order chi connectivity index (χ0) is 21.2. The largest absolute Gasteiger partial charge is 0.328 e. The molecule has 150 valence electrons. The molecule has 5 aromatic rings. The lowest BCUT2D eigenvalue weighted by atomic mass is 9.82. The molecule has 0 aliphatic rings. The quantitative estimate of drug-likeness (QED) is 0.374. The van der Waals surface area contributed by atoms with E-state index in [1.165, 1.54) is 16.3 Å². The Morgan fingerprint density at radius 1 is 0.800 bits per heavy atom. The van der Waals surface area contributed by atoms with Crippen LogP contribution in [0.25, 0.3) is 43.8 Å². The molecule has 5 rings (SSSR count). The third kappa shape index (κ3) is 2.67. The van der Waals surface area contributed by atoms with E-state index in [-0.39, 0.29) is 11.1 Å². The highest BCUT2D eigenvalue weighted by Gasteiger charge is 2.19. The third-order valence-corrected chi connectivity index (χ3v) is 6.10. The fourth-order valence-electron chi connectivity index (χ4n) is 4.46. The van der Waals surface area contributed by atoms with Gasteiger partial charge < -0.3 is 0 Å². The number of benzene rings is 3. The zero-order valence-corrected chi connectivity index (χ0v) is 18.0. The Hall–Kier alpha value is -3.40. The average molecular weight is 396 g/mol. The molecule has 3 aromatic carbocycles. The van der Waals surface area contributed by atoms with Crippen molar-refractivity contribution in [3.05, 3.63) is 76.8 Å². The van der Waals surface area contributed by atoms with Crippen molar-refractivity contribution in [3.8, 4) is 11.3 Å². The van der Waals surface area contributed by atoms with Crippen LogP contribution >= 0.6 is 0 Å². The highest BCUT2D eigenvalue weighted by atomic mass is 16.1. The maximum Gasteiger partial charge on any atom is 0.328 e. The van der Waals surface area contributed by atoms with Crippen LogP contribution in [0.4, 0.5) is 0 Å². The molecule has 0 N–H and O–H groups in total. The summed E-state index contributed by atoms with van der Waals surface area (Å²) in [6.45, 7) is 6.75. The van der Waals surface area contributed by atoms with Crippen LogP contribution < -0.4 is 5.69 Å². The van der Waals surface area contributed by atoms with Crippen molar-refractivity contribution in [2.24, 2.45) is 14.1 Å². The number of aromatic nitrogens is 3. The van der Waals surface area contributed by atoms with Gasteiger partial charge in [0.2, 0.25) is 0 Å². The number of hydrogen-bond acceptors (Lipinski definition) is 2. The molecule has 0 radical (unpaired) electrons. The minimum Gasteiger partial charge on any atom is -0.295 e. The van der Waals surface area contributed by atoms with E-state index in [1.54, 1.807) is 9.13 Å². The minimum atomic E-state index is -0.0180. The molecule has 0 saturated carbocycles. The van der Waals surface area contributed by atoms with Crippen LogP contribution in [-0.4, -0.2) is 14.1 Å². The lowest BCUT2D eigenvalue weighted by Crippen LogP contribution is -2.19. The van der Waals surface area contributed by atoms with Crippen LogP contribution in [0.5, 0.6) is 0 Å². The molecule has 4 nitrogen and oxygen atoms in total. The summed E-state index contributed by atoms with van der Waals surface area (Å²) in [6.07, 6.45) is 1.86. The Morgan fingerprint density at radius 2 is 1.47 bits per heavy atom. The third-order valence-electron chi connectivity index (χ3n) is 6.10. The Bertz CT molecular complexity index is 1510. The summed E-state index contributed by atoms with van der Waals surface area (Å²) >= 11 is 0. The Morgan fingerprint density at radius 3 is 2.20 bits per heavy atom. The summed E-state index contributed by atoms with van der Waals surface area (Å²) in [4.78, 5) is 17.2. The first-order chi connectivity index (χ1) is 14.3. The maximum absolute atomic E-state index is 12.4. The molecular weight excluding hydrogens is 370 g/mol. The fraction of sp³-hybridized carbons (Fsp3) is 0.231. The second-order valence-electron chi connectivity index (χ2n) is 9.12. The van der Waals surface area contributed by atoms with Gasteiger partial charge in [0.25, 0.3) is 0 Å². The molecular formula is C26H25N3O. The summed E-state index contributed by atoms with van der Waals surface area (Å²) in [5.74, 6) is 0. The summed E-state index contributed by atoms with van der Waals surface area (Å²) in [5.41, 5.74) is 5.20. The number of imidazole rings is 1. The average Bonchev–Trinajstić information content (AvgIpc) is 2.94. The molecule has 0 fully saturated rings. The van der Waals surface area contributed by atoms with Crippen molar-refractivity contribution in [1.29, 1.82) is 0 Å². The van der Waals surface area contributed by atoms with Gasteiger partial charge >= 0.3 is 5.69 Å². The van der Waals surface area contributed by atoms with Crippen molar-refractivity contribution in [3.63, 3.8) is 0 Å². The molecule has 0 saturated heterocycles. The van der Waals surface area contributed by atoms with Crippen LogP contribution in [0.1, 0.15) is 26.3 Å². The predicted octanol–water partition coefficient (Wildman–Crippen LogP) is 5.54. The lowest BCUT2D eigenvalue weighted by molar-refractivity contribution is 0.596. The van der Waals surface area contributed by atoms with Crippen LogP contribution in [0, 0.1) is 0 Å². The van der Waals surface area contributed by atoms with Crippen LogP contribution in [-0.2, 0) is 19.5 Å². The van der Waals surface area contributed by atoms with E-state index >= 15 is 0 Å². The van der Waals surface area contributed by atoms with E-state index in [0.29, 0.717) is 0 Å². The van der Waals surface area contributed by atoms with Crippen molar-refractivity contribution in [2.75, 3.05) is 0 Å². The van der Waals surface area contributed by atoms with Crippen LogP contribution in [0.15, 0.2) is 65.6 Å². The second kappa shape index (κ2) is 6.30. The van der Waals surface area contributed by atoms with Crippen molar-refractivity contribution in [2.45, 2.75) is 26.2 Å². The lowest BCUT2D eigenvalue weighted by Gasteiger charge is -2.23. The monoisotopic (exact) mass is 395 g/mol. The molecule has 0 spiro atoms. The molecule has 4 heteroatoms. The molecule has 0 atom stereocenters. The fourth-order valence-corrected chi connectivity index (χ4v) is 4.46. The predicted molar refractivity (Wildman–Crippen MR) is 125 cm³/mol. The molecule has 0 aliphatic heterocycles. The molecule has 0 aliphatic carbocycles. The smallest absolute Gasteiger partial charge is 0.295 e. The van der Waals surface area contributed by atoms with Gasteiger partial charge in [0.1, 0.15) is 0 Å². The number of rotatable bonds is 1. The molecule has 30 heavy (non-hydrogen) atoms. The van der Waals surface area contributed by atoms with Crippen LogP contribution in [0.3, 0.4) is 0 Å². The standard InChI is InChI=1S/C26H25N3O/c1-26(2,3)21-13-18(12-16-8-6-7-9-19(16)21)24-20-15-23-22(14-17(20)10-11-27-24)28(4)25(30)29(23)5/h6-15H,1-5H3. The highest BCUT2D eigenvalue weighted by Crippen LogP contribution is 2.36. The van der Waals surface area contributed by atoms with Gasteiger partial charge in [-0.25, -0.2) is 4.79 Å². The van der Waals surface area contributed by atoms with Crippen LogP contribution in [0.2, 0.25) is 0 Å². The van der Waals surface area contributed by atoms with Gasteiger partial charge in [0.15, 0.2) is 0 Å². The zero-order valence-electron chi connectivity index (χ0n) is 18.0. The topological polar surface area (TPSA) is 39.8 Å². The summed E-state index contributed by atoms with van der Waals surface area (Å²) in [6, 6.07) is 19.2. The van der Waals surface area contributed by atoms with E-state index in [4.69, 9.17) is 4.98 Å². The number of aryl methyl sites for hydroxylation is 2. The summed E-state index contributed by atoms with van der Waals surface area (Å²) < 4.78 is 3.40. The first-order valence-electron chi connectivity index (χ1n) is 10.2. The van der Waals surface area contributed by atoms with Gasteiger partial charge in [-0.3, -0.25) is 14.1 Å². The van der Waals surface area contributed by atoms with Gasteiger partial charge in [-0.05, 0) is 57.5 Å². The molecule has 0 amide bonds. The maximum atomic E-state index is 12.4. The number of hydrogen-bond donors (Lipinski definition) is 0. The van der Waals surface area contributed by atoms with Gasteiger partial charge in [-0.15, -0.1) is 0 Å². The molecule has 2 heterocycles. The van der Waals surface area contributed by atoms with Gasteiger partial charge in [-0.2, -0.15) is 0 Å². The molecule has 0 unspecified atom stereocenters. The molecule has 2 aromatic heterocycles. The second-order valence-corrected chi connectivity index (χ2v) is 9.12. The first kappa shape index (κ1) is 18.6. The van der Waals surface area contributed by atoms with Gasteiger partial charge in [0, 0.05) is 31.2 Å². The summed E-state index contributed by atoms with van der Waals surface area (Å²) in [5, 5.41) is 4.63. The van der Waals surface area contributed by atoms with E-state index in [9.17, 15) is 4.79 Å². The minimum absolute atomic E-state index is 0.0107. The summed E-state index contributed by atoms with van der Waals surface area (Å²) in [7, 11) is 3.64. The van der Waals surface area contributed by atoms with E-state index in [1.807, 2.05) is 26.4 Å². The normalized spacial score (nSPS) is 12.3. The first-order valence-corrected chi connectivity index (χ1v) is 10.2. The number of fused-ring (bicyclic) bond motifs is 3. The van der Waals surface area contributed by atoms with Crippen molar-refractivity contribution >= 4 is 32.6 Å². The number of nitrogens with zero attached hydrogens (tertiary/aromatic N) is 3. The van der Waals surface area contributed by atoms with Gasteiger partial charge in [-0.1, -0.05) is 45.0 Å². The molecule has 0 bridgehead atoms. The Balaban J connectivity index is 1.88. The van der Waals surface area contributed by atoms with E-state index in [2.05, 4.69) is 69.3 Å².